The first-order valence-electron chi connectivity index (χ1n) is 10.6. The lowest BCUT2D eigenvalue weighted by atomic mass is 9.96. The number of carbonyl (C=O) groups excluding carboxylic acids is 2. The van der Waals surface area contributed by atoms with E-state index >= 15 is 0 Å². The fourth-order valence-corrected chi connectivity index (χ4v) is 4.10. The number of hydrogen-bond donors (Lipinski definition) is 1. The van der Waals surface area contributed by atoms with E-state index in [0.29, 0.717) is 25.2 Å². The van der Waals surface area contributed by atoms with Gasteiger partial charge in [-0.1, -0.05) is 29.3 Å². The Morgan fingerprint density at radius 2 is 1.84 bits per heavy atom. The molecule has 1 aromatic heterocycles. The van der Waals surface area contributed by atoms with E-state index in [9.17, 15) is 9.59 Å². The van der Waals surface area contributed by atoms with Crippen LogP contribution < -0.4 is 5.32 Å². The van der Waals surface area contributed by atoms with Gasteiger partial charge in [-0.05, 0) is 56.5 Å². The maximum absolute atomic E-state index is 13.0. The summed E-state index contributed by atoms with van der Waals surface area (Å²) in [6.07, 6.45) is 4.77. The minimum absolute atomic E-state index is 0.00160. The maximum atomic E-state index is 13.0. The number of amides is 2. The van der Waals surface area contributed by atoms with Gasteiger partial charge in [0.2, 0.25) is 5.91 Å². The minimum atomic E-state index is -0.182. The number of aryl methyl sites for hydroxylation is 2. The second-order valence-corrected chi connectivity index (χ2v) is 8.19. The van der Waals surface area contributed by atoms with Crippen molar-refractivity contribution in [2.75, 3.05) is 13.1 Å². The summed E-state index contributed by atoms with van der Waals surface area (Å²) in [4.78, 5) is 31.5. The molecule has 4 rings (SSSR count). The van der Waals surface area contributed by atoms with Gasteiger partial charge in [0, 0.05) is 25.2 Å². The molecule has 1 fully saturated rings. The topological polar surface area (TPSA) is 80.1 Å². The smallest absolute Gasteiger partial charge is 0.253 e. The second-order valence-electron chi connectivity index (χ2n) is 8.19. The quantitative estimate of drug-likeness (QED) is 0.692. The van der Waals surface area contributed by atoms with E-state index in [0.717, 1.165) is 35.2 Å². The molecule has 1 atom stereocenters. The highest BCUT2D eigenvalue weighted by atomic mass is 16.2. The number of likely N-dealkylation sites (tertiary alicyclic amines) is 1. The molecule has 0 spiro atoms. The Morgan fingerprint density at radius 3 is 2.52 bits per heavy atom. The number of benzene rings is 2. The highest BCUT2D eigenvalue weighted by Gasteiger charge is 2.29. The SMILES string of the molecule is Cc1cc(C)cc(C(=O)N2CCCC(C(=O)NCc3ccc(-n4cncn4)cc3)C2)c1. The fourth-order valence-electron chi connectivity index (χ4n) is 4.10. The minimum Gasteiger partial charge on any atom is -0.352 e. The number of aromatic nitrogens is 3. The molecule has 1 aliphatic rings. The van der Waals surface area contributed by atoms with E-state index in [1.807, 2.05) is 55.1 Å². The zero-order valence-electron chi connectivity index (χ0n) is 17.9. The Morgan fingerprint density at radius 1 is 1.10 bits per heavy atom. The number of carbonyl (C=O) groups is 2. The summed E-state index contributed by atoms with van der Waals surface area (Å²) in [5.74, 6) is -0.177. The Hall–Kier alpha value is -3.48. The Bertz CT molecular complexity index is 1040. The van der Waals surface area contributed by atoms with Crippen molar-refractivity contribution in [2.24, 2.45) is 5.92 Å². The lowest BCUT2D eigenvalue weighted by Crippen LogP contribution is -2.45. The molecule has 2 heterocycles. The number of rotatable bonds is 5. The zero-order valence-corrected chi connectivity index (χ0v) is 17.9. The molecular formula is C24H27N5O2. The molecule has 7 nitrogen and oxygen atoms in total. The van der Waals surface area contributed by atoms with Gasteiger partial charge in [-0.15, -0.1) is 0 Å². The van der Waals surface area contributed by atoms with Crippen LogP contribution in [0.1, 0.15) is 39.9 Å². The molecule has 160 valence electrons. The molecule has 0 aliphatic carbocycles. The number of nitrogens with one attached hydrogen (secondary N) is 1. The van der Waals surface area contributed by atoms with Crippen molar-refractivity contribution in [2.45, 2.75) is 33.2 Å². The largest absolute Gasteiger partial charge is 0.352 e. The third-order valence-corrected chi connectivity index (χ3v) is 5.63. The molecule has 0 bridgehead atoms. The van der Waals surface area contributed by atoms with Crippen LogP contribution in [0.25, 0.3) is 5.69 Å². The zero-order chi connectivity index (χ0) is 21.8. The van der Waals surface area contributed by atoms with Crippen LogP contribution >= 0.6 is 0 Å². The summed E-state index contributed by atoms with van der Waals surface area (Å²) >= 11 is 0. The fraction of sp³-hybridized carbons (Fsp3) is 0.333. The standard InChI is InChI=1S/C24H27N5O2/c1-17-10-18(2)12-21(11-17)24(31)28-9-3-4-20(14-28)23(30)26-13-19-5-7-22(8-6-19)29-16-25-15-27-29/h5-8,10-12,15-16,20H,3-4,9,13-14H2,1-2H3,(H,26,30). The van der Waals surface area contributed by atoms with Gasteiger partial charge in [0.05, 0.1) is 11.6 Å². The summed E-state index contributed by atoms with van der Waals surface area (Å²) in [6.45, 7) is 5.60. The van der Waals surface area contributed by atoms with Crippen LogP contribution in [0, 0.1) is 19.8 Å². The van der Waals surface area contributed by atoms with Crippen molar-refractivity contribution in [1.82, 2.24) is 25.0 Å². The van der Waals surface area contributed by atoms with E-state index in [-0.39, 0.29) is 17.7 Å². The Balaban J connectivity index is 1.34. The molecule has 1 N–H and O–H groups in total. The Labute approximate surface area is 182 Å². The van der Waals surface area contributed by atoms with Crippen LogP contribution in [0.2, 0.25) is 0 Å². The van der Waals surface area contributed by atoms with Crippen LogP contribution in [0.15, 0.2) is 55.1 Å². The average Bonchev–Trinajstić information content (AvgIpc) is 3.32. The molecule has 7 heteroatoms. The summed E-state index contributed by atoms with van der Waals surface area (Å²) in [5, 5.41) is 7.14. The summed E-state index contributed by atoms with van der Waals surface area (Å²) in [6, 6.07) is 13.7. The van der Waals surface area contributed by atoms with E-state index in [1.54, 1.807) is 11.0 Å². The molecular weight excluding hydrogens is 390 g/mol. The van der Waals surface area contributed by atoms with E-state index < -0.39 is 0 Å². The molecule has 1 unspecified atom stereocenters. The number of nitrogens with zero attached hydrogens (tertiary/aromatic N) is 4. The van der Waals surface area contributed by atoms with Gasteiger partial charge in [-0.25, -0.2) is 9.67 Å². The lowest BCUT2D eigenvalue weighted by molar-refractivity contribution is -0.126. The van der Waals surface area contributed by atoms with Crippen molar-refractivity contribution in [3.8, 4) is 5.69 Å². The Kier molecular flexibility index (Phi) is 6.11. The van der Waals surface area contributed by atoms with Crippen molar-refractivity contribution < 1.29 is 9.59 Å². The first-order chi connectivity index (χ1) is 15.0. The average molecular weight is 418 g/mol. The summed E-state index contributed by atoms with van der Waals surface area (Å²) in [7, 11) is 0. The highest BCUT2D eigenvalue weighted by molar-refractivity contribution is 5.95. The highest BCUT2D eigenvalue weighted by Crippen LogP contribution is 2.20. The molecule has 0 saturated carbocycles. The van der Waals surface area contributed by atoms with Crippen molar-refractivity contribution in [1.29, 1.82) is 0 Å². The maximum Gasteiger partial charge on any atom is 0.253 e. The van der Waals surface area contributed by atoms with Gasteiger partial charge in [-0.2, -0.15) is 5.10 Å². The monoisotopic (exact) mass is 417 g/mol. The van der Waals surface area contributed by atoms with Gasteiger partial charge in [0.15, 0.2) is 0 Å². The van der Waals surface area contributed by atoms with Crippen LogP contribution in [0.3, 0.4) is 0 Å². The van der Waals surface area contributed by atoms with Gasteiger partial charge in [-0.3, -0.25) is 9.59 Å². The lowest BCUT2D eigenvalue weighted by Gasteiger charge is -2.32. The van der Waals surface area contributed by atoms with Crippen LogP contribution in [-0.4, -0.2) is 44.6 Å². The first kappa shape index (κ1) is 20.8. The predicted octanol–water partition coefficient (Wildman–Crippen LogP) is 3.05. The van der Waals surface area contributed by atoms with Gasteiger partial charge in [0.25, 0.3) is 5.91 Å². The van der Waals surface area contributed by atoms with Crippen molar-refractivity contribution in [3.05, 3.63) is 77.4 Å². The number of piperidine rings is 1. The van der Waals surface area contributed by atoms with Crippen molar-refractivity contribution >= 4 is 11.8 Å². The van der Waals surface area contributed by atoms with Crippen molar-refractivity contribution in [3.63, 3.8) is 0 Å². The normalized spacial score (nSPS) is 16.2. The molecule has 1 aliphatic heterocycles. The van der Waals surface area contributed by atoms with Gasteiger partial charge >= 0.3 is 0 Å². The van der Waals surface area contributed by atoms with Crippen LogP contribution in [0.5, 0.6) is 0 Å². The molecule has 2 amide bonds. The summed E-state index contributed by atoms with van der Waals surface area (Å²) in [5.41, 5.74) is 4.77. The van der Waals surface area contributed by atoms with E-state index in [4.69, 9.17) is 0 Å². The molecule has 1 saturated heterocycles. The third-order valence-electron chi connectivity index (χ3n) is 5.63. The molecule has 2 aromatic carbocycles. The molecule has 3 aromatic rings. The summed E-state index contributed by atoms with van der Waals surface area (Å²) < 4.78 is 1.69. The second kappa shape index (κ2) is 9.12. The predicted molar refractivity (Wildman–Crippen MR) is 118 cm³/mol. The van der Waals surface area contributed by atoms with Crippen LogP contribution in [-0.2, 0) is 11.3 Å². The van der Waals surface area contributed by atoms with Gasteiger partial charge in [0.1, 0.15) is 12.7 Å². The third kappa shape index (κ3) is 4.99. The molecule has 31 heavy (non-hydrogen) atoms. The number of hydrogen-bond acceptors (Lipinski definition) is 4. The van der Waals surface area contributed by atoms with E-state index in [2.05, 4.69) is 21.5 Å². The van der Waals surface area contributed by atoms with Crippen LogP contribution in [0.4, 0.5) is 0 Å². The molecule has 0 radical (unpaired) electrons. The van der Waals surface area contributed by atoms with Gasteiger partial charge < -0.3 is 10.2 Å². The van der Waals surface area contributed by atoms with E-state index in [1.165, 1.54) is 6.33 Å². The first-order valence-corrected chi connectivity index (χ1v) is 10.6.